The van der Waals surface area contributed by atoms with Gasteiger partial charge in [-0.25, -0.2) is 9.78 Å². The first-order valence-corrected chi connectivity index (χ1v) is 9.74. The molecule has 4 aromatic rings. The summed E-state index contributed by atoms with van der Waals surface area (Å²) in [7, 11) is 1.49. The Kier molecular flexibility index (Phi) is 5.69. The summed E-state index contributed by atoms with van der Waals surface area (Å²) in [5, 5.41) is 20.6. The van der Waals surface area contributed by atoms with E-state index < -0.39 is 10.9 Å². The molecule has 0 saturated heterocycles. The molecular weight excluding hydrogens is 426 g/mol. The van der Waals surface area contributed by atoms with Crippen molar-refractivity contribution in [1.29, 1.82) is 0 Å². The van der Waals surface area contributed by atoms with E-state index >= 15 is 0 Å². The molecule has 33 heavy (non-hydrogen) atoms. The molecule has 0 fully saturated rings. The minimum Gasteiger partial charge on any atom is -0.497 e. The number of fused-ring (bicyclic) bond motifs is 1. The molecule has 4 rings (SSSR count). The van der Waals surface area contributed by atoms with Gasteiger partial charge in [-0.1, -0.05) is 18.2 Å². The Morgan fingerprint density at radius 1 is 1.09 bits per heavy atom. The zero-order valence-corrected chi connectivity index (χ0v) is 17.3. The van der Waals surface area contributed by atoms with E-state index in [4.69, 9.17) is 4.74 Å². The molecule has 0 saturated carbocycles. The summed E-state index contributed by atoms with van der Waals surface area (Å²) in [4.78, 5) is 39.8. The summed E-state index contributed by atoms with van der Waals surface area (Å²) >= 11 is 0. The molecule has 1 N–H and O–H groups in total. The number of rotatable bonds is 6. The third-order valence-corrected chi connectivity index (χ3v) is 4.98. The molecule has 3 aromatic carbocycles. The number of methoxy groups -OCH3 is 1. The highest BCUT2D eigenvalue weighted by Crippen LogP contribution is 2.21. The number of nitro groups is 1. The highest BCUT2D eigenvalue weighted by molar-refractivity contribution is 5.88. The predicted octanol–water partition coefficient (Wildman–Crippen LogP) is 4.17. The fraction of sp³-hybridized carbons (Fsp3) is 0.0417. The zero-order chi connectivity index (χ0) is 23.5. The molecular formula is C24H17N3O6. The van der Waals surface area contributed by atoms with Gasteiger partial charge in [-0.3, -0.25) is 19.5 Å². The Labute approximate surface area is 187 Å². The Bertz CT molecular complexity index is 1470. The number of ether oxygens (including phenoxy) is 1. The molecule has 9 nitrogen and oxygen atoms in total. The monoisotopic (exact) mass is 443 g/mol. The normalized spacial score (nSPS) is 11.1. The topological polar surface area (TPSA) is 125 Å². The molecule has 0 amide bonds. The van der Waals surface area contributed by atoms with Crippen molar-refractivity contribution >= 4 is 34.7 Å². The van der Waals surface area contributed by atoms with Crippen LogP contribution in [0.1, 0.15) is 21.7 Å². The smallest absolute Gasteiger partial charge is 0.335 e. The minimum atomic E-state index is -1.08. The quantitative estimate of drug-likeness (QED) is 0.350. The van der Waals surface area contributed by atoms with Crippen LogP contribution >= 0.6 is 0 Å². The summed E-state index contributed by atoms with van der Waals surface area (Å²) in [5.74, 6) is -0.317. The van der Waals surface area contributed by atoms with Crippen LogP contribution in [0, 0.1) is 10.1 Å². The van der Waals surface area contributed by atoms with Crippen molar-refractivity contribution in [3.8, 4) is 11.4 Å². The number of aromatic nitrogens is 2. The molecule has 164 valence electrons. The van der Waals surface area contributed by atoms with Crippen LogP contribution in [0.15, 0.2) is 71.5 Å². The number of hydrogen-bond acceptors (Lipinski definition) is 6. The van der Waals surface area contributed by atoms with E-state index in [9.17, 15) is 24.8 Å². The third kappa shape index (κ3) is 4.33. The van der Waals surface area contributed by atoms with Crippen molar-refractivity contribution < 1.29 is 19.6 Å². The lowest BCUT2D eigenvalue weighted by molar-refractivity contribution is -0.384. The summed E-state index contributed by atoms with van der Waals surface area (Å²) < 4.78 is 6.57. The Morgan fingerprint density at radius 2 is 1.85 bits per heavy atom. The van der Waals surface area contributed by atoms with Crippen LogP contribution in [-0.2, 0) is 0 Å². The maximum Gasteiger partial charge on any atom is 0.335 e. The second-order valence-electron chi connectivity index (χ2n) is 7.03. The highest BCUT2D eigenvalue weighted by atomic mass is 16.6. The van der Waals surface area contributed by atoms with Gasteiger partial charge >= 0.3 is 5.97 Å². The number of carboxylic acid groups (broad SMARTS) is 1. The van der Waals surface area contributed by atoms with Crippen LogP contribution in [0.2, 0.25) is 0 Å². The lowest BCUT2D eigenvalue weighted by Crippen LogP contribution is -2.22. The van der Waals surface area contributed by atoms with Crippen molar-refractivity contribution in [3.63, 3.8) is 0 Å². The van der Waals surface area contributed by atoms with E-state index in [0.717, 1.165) is 0 Å². The predicted molar refractivity (Wildman–Crippen MR) is 123 cm³/mol. The fourth-order valence-corrected chi connectivity index (χ4v) is 3.34. The van der Waals surface area contributed by atoms with Crippen LogP contribution in [0.3, 0.4) is 0 Å². The lowest BCUT2D eigenvalue weighted by atomic mass is 10.1. The summed E-state index contributed by atoms with van der Waals surface area (Å²) in [6.07, 6.45) is 3.20. The van der Waals surface area contributed by atoms with E-state index in [1.54, 1.807) is 42.5 Å². The molecule has 0 atom stereocenters. The van der Waals surface area contributed by atoms with Crippen LogP contribution in [-0.4, -0.2) is 32.7 Å². The summed E-state index contributed by atoms with van der Waals surface area (Å²) in [5.41, 5.74) is 1.06. The molecule has 0 bridgehead atoms. The maximum atomic E-state index is 13.4. The molecule has 0 radical (unpaired) electrons. The van der Waals surface area contributed by atoms with Crippen molar-refractivity contribution in [2.24, 2.45) is 0 Å². The molecule has 0 spiro atoms. The number of non-ortho nitro benzene ring substituents is 1. The second-order valence-corrected chi connectivity index (χ2v) is 7.03. The van der Waals surface area contributed by atoms with Gasteiger partial charge in [-0.15, -0.1) is 0 Å². The van der Waals surface area contributed by atoms with Gasteiger partial charge in [0.05, 0.1) is 34.2 Å². The van der Waals surface area contributed by atoms with Crippen LogP contribution in [0.25, 0.3) is 28.7 Å². The Hall–Kier alpha value is -4.79. The number of aromatic carboxylic acids is 1. The molecule has 0 aliphatic carbocycles. The highest BCUT2D eigenvalue weighted by Gasteiger charge is 2.13. The van der Waals surface area contributed by atoms with E-state index in [1.807, 2.05) is 0 Å². The first-order chi connectivity index (χ1) is 15.9. The first kappa shape index (κ1) is 21.4. The van der Waals surface area contributed by atoms with Crippen molar-refractivity contribution in [2.75, 3.05) is 7.11 Å². The minimum absolute atomic E-state index is 0.0580. The van der Waals surface area contributed by atoms with Crippen LogP contribution in [0.4, 0.5) is 5.69 Å². The second kappa shape index (κ2) is 8.75. The van der Waals surface area contributed by atoms with E-state index in [0.29, 0.717) is 27.9 Å². The van der Waals surface area contributed by atoms with Gasteiger partial charge in [0, 0.05) is 12.1 Å². The molecule has 0 aliphatic heterocycles. The van der Waals surface area contributed by atoms with E-state index in [-0.39, 0.29) is 22.6 Å². The first-order valence-electron chi connectivity index (χ1n) is 9.74. The standard InChI is InChI=1S/C24H17N3O6/c1-33-19-10-11-21-20(14-19)23(28)26(17-8-6-16(7-9-17)24(29)30)22(25-21)12-5-15-3-2-4-18(13-15)27(31)32/h2-14H,1H3,(H,29,30)/b12-5-. The average Bonchev–Trinajstić information content (AvgIpc) is 2.83. The SMILES string of the molecule is COc1ccc2nc(/C=C\c3cccc([N+](=O)[O-])c3)n(-c3ccc(C(=O)O)cc3)c(=O)c2c1. The number of nitrogens with zero attached hydrogens (tertiary/aromatic N) is 3. The summed E-state index contributed by atoms with van der Waals surface area (Å²) in [6.45, 7) is 0. The zero-order valence-electron chi connectivity index (χ0n) is 17.3. The molecule has 0 aliphatic rings. The number of benzene rings is 3. The van der Waals surface area contributed by atoms with E-state index in [2.05, 4.69) is 4.98 Å². The number of carbonyl (C=O) groups is 1. The van der Waals surface area contributed by atoms with Gasteiger partial charge < -0.3 is 9.84 Å². The van der Waals surface area contributed by atoms with Gasteiger partial charge in [-0.05, 0) is 54.1 Å². The molecule has 1 aromatic heterocycles. The van der Waals surface area contributed by atoms with Gasteiger partial charge in [0.25, 0.3) is 11.2 Å². The molecule has 1 heterocycles. The third-order valence-electron chi connectivity index (χ3n) is 4.98. The number of carboxylic acids is 1. The number of nitro benzene ring substituents is 1. The number of hydrogen-bond donors (Lipinski definition) is 1. The summed E-state index contributed by atoms with van der Waals surface area (Å²) in [6, 6.07) is 16.8. The van der Waals surface area contributed by atoms with Crippen LogP contribution in [0.5, 0.6) is 5.75 Å². The van der Waals surface area contributed by atoms with Crippen molar-refractivity contribution in [1.82, 2.24) is 9.55 Å². The van der Waals surface area contributed by atoms with Crippen molar-refractivity contribution in [3.05, 3.63) is 104 Å². The Morgan fingerprint density at radius 3 is 2.52 bits per heavy atom. The molecule has 9 heteroatoms. The van der Waals surface area contributed by atoms with Crippen molar-refractivity contribution in [2.45, 2.75) is 0 Å². The van der Waals surface area contributed by atoms with E-state index in [1.165, 1.54) is 48.1 Å². The van der Waals surface area contributed by atoms with Gasteiger partial charge in [0.15, 0.2) is 0 Å². The average molecular weight is 443 g/mol. The fourth-order valence-electron chi connectivity index (χ4n) is 3.34. The Balaban J connectivity index is 1.91. The van der Waals surface area contributed by atoms with Gasteiger partial charge in [-0.2, -0.15) is 0 Å². The lowest BCUT2D eigenvalue weighted by Gasteiger charge is -2.12. The van der Waals surface area contributed by atoms with Crippen LogP contribution < -0.4 is 10.3 Å². The largest absolute Gasteiger partial charge is 0.497 e. The maximum absolute atomic E-state index is 13.4. The van der Waals surface area contributed by atoms with Gasteiger partial charge in [0.1, 0.15) is 11.6 Å². The van der Waals surface area contributed by atoms with Gasteiger partial charge in [0.2, 0.25) is 0 Å². The molecule has 0 unspecified atom stereocenters.